The molecule has 0 fully saturated rings. The normalized spacial score (nSPS) is 11.7. The zero-order valence-corrected chi connectivity index (χ0v) is 16.1. The third kappa shape index (κ3) is 3.71. The topological polar surface area (TPSA) is 46.4 Å². The van der Waals surface area contributed by atoms with Crippen LogP contribution in [-0.4, -0.2) is 16.2 Å². The molecule has 3 aromatic rings. The molecule has 1 N–H and O–H groups in total. The molecule has 26 heavy (non-hydrogen) atoms. The number of amides is 1. The molecule has 0 atom stereocenters. The Kier molecular flexibility index (Phi) is 5.25. The van der Waals surface area contributed by atoms with Crippen LogP contribution in [0.5, 0.6) is 0 Å². The molecule has 1 aromatic carbocycles. The van der Waals surface area contributed by atoms with Crippen molar-refractivity contribution in [1.82, 2.24) is 9.99 Å². The van der Waals surface area contributed by atoms with Gasteiger partial charge in [0.2, 0.25) is 0 Å². The second-order valence-corrected chi connectivity index (χ2v) is 7.55. The summed E-state index contributed by atoms with van der Waals surface area (Å²) in [5.41, 5.74) is 6.23. The molecule has 0 saturated carbocycles. The standard InChI is InChI=1S/C19H17ClFN3OS/c1-11-10-16(13(3)24(11)15-6-4-14(21)5-7-15)19(25)23-22-12(2)17-8-9-18(20)26-17/h4-10H,1-3H3,(H,23,25)/b22-12-. The van der Waals surface area contributed by atoms with Crippen LogP contribution in [0.3, 0.4) is 0 Å². The van der Waals surface area contributed by atoms with E-state index >= 15 is 0 Å². The number of hydrogen-bond acceptors (Lipinski definition) is 3. The second kappa shape index (κ2) is 7.43. The number of aryl methyl sites for hydroxylation is 1. The number of benzene rings is 1. The van der Waals surface area contributed by atoms with E-state index in [1.807, 2.05) is 31.4 Å². The molecule has 4 nitrogen and oxygen atoms in total. The zero-order valence-electron chi connectivity index (χ0n) is 14.5. The Labute approximate surface area is 159 Å². The van der Waals surface area contributed by atoms with Gasteiger partial charge in [0.1, 0.15) is 5.82 Å². The van der Waals surface area contributed by atoms with Crippen LogP contribution in [0.4, 0.5) is 4.39 Å². The minimum atomic E-state index is -0.298. The van der Waals surface area contributed by atoms with Crippen LogP contribution in [-0.2, 0) is 0 Å². The molecule has 0 aliphatic heterocycles. The third-order valence-electron chi connectivity index (χ3n) is 4.02. The maximum Gasteiger partial charge on any atom is 0.273 e. The monoisotopic (exact) mass is 389 g/mol. The van der Waals surface area contributed by atoms with Crippen LogP contribution in [0, 0.1) is 19.7 Å². The Morgan fingerprint density at radius 1 is 1.19 bits per heavy atom. The van der Waals surface area contributed by atoms with Gasteiger partial charge < -0.3 is 4.57 Å². The van der Waals surface area contributed by atoms with E-state index in [0.717, 1.165) is 22.0 Å². The molecule has 0 spiro atoms. The van der Waals surface area contributed by atoms with E-state index in [2.05, 4.69) is 10.5 Å². The first kappa shape index (κ1) is 18.4. The predicted octanol–water partition coefficient (Wildman–Crippen LogP) is 5.10. The van der Waals surface area contributed by atoms with Crippen molar-refractivity contribution in [1.29, 1.82) is 0 Å². The highest BCUT2D eigenvalue weighted by Crippen LogP contribution is 2.23. The van der Waals surface area contributed by atoms with Crippen molar-refractivity contribution in [3.63, 3.8) is 0 Å². The summed E-state index contributed by atoms with van der Waals surface area (Å²) < 4.78 is 15.7. The van der Waals surface area contributed by atoms with E-state index in [9.17, 15) is 9.18 Å². The van der Waals surface area contributed by atoms with Crippen LogP contribution in [0.15, 0.2) is 47.6 Å². The second-order valence-electron chi connectivity index (χ2n) is 5.84. The summed E-state index contributed by atoms with van der Waals surface area (Å²) >= 11 is 7.32. The van der Waals surface area contributed by atoms with Gasteiger partial charge in [0.05, 0.1) is 20.5 Å². The Hall–Kier alpha value is -2.44. The minimum Gasteiger partial charge on any atom is -0.318 e. The van der Waals surface area contributed by atoms with Crippen molar-refractivity contribution in [2.24, 2.45) is 5.10 Å². The van der Waals surface area contributed by atoms with Crippen molar-refractivity contribution in [3.05, 3.63) is 74.4 Å². The molecule has 0 aliphatic rings. The Morgan fingerprint density at radius 2 is 1.88 bits per heavy atom. The van der Waals surface area contributed by atoms with Gasteiger partial charge in [-0.2, -0.15) is 5.10 Å². The fourth-order valence-electron chi connectivity index (χ4n) is 2.74. The summed E-state index contributed by atoms with van der Waals surface area (Å²) in [5, 5.41) is 4.16. The number of halogens is 2. The molecule has 2 aromatic heterocycles. The van der Waals surface area contributed by atoms with Crippen LogP contribution < -0.4 is 5.43 Å². The molecule has 0 saturated heterocycles. The Balaban J connectivity index is 1.84. The Morgan fingerprint density at radius 3 is 2.50 bits per heavy atom. The number of nitrogens with zero attached hydrogens (tertiary/aromatic N) is 2. The van der Waals surface area contributed by atoms with E-state index in [0.29, 0.717) is 15.6 Å². The van der Waals surface area contributed by atoms with E-state index in [4.69, 9.17) is 11.6 Å². The quantitative estimate of drug-likeness (QED) is 0.489. The van der Waals surface area contributed by atoms with Crippen molar-refractivity contribution >= 4 is 34.6 Å². The van der Waals surface area contributed by atoms with Gasteiger partial charge in [0.25, 0.3) is 5.91 Å². The first-order valence-electron chi connectivity index (χ1n) is 7.92. The van der Waals surface area contributed by atoms with Gasteiger partial charge in [-0.05, 0) is 63.2 Å². The number of rotatable bonds is 4. The number of carbonyl (C=O) groups excluding carboxylic acids is 1. The predicted molar refractivity (Wildman–Crippen MR) is 104 cm³/mol. The Bertz CT molecular complexity index is 989. The first-order chi connectivity index (χ1) is 12.4. The number of carbonyl (C=O) groups is 1. The highest BCUT2D eigenvalue weighted by Gasteiger charge is 2.16. The number of hydrazone groups is 1. The van der Waals surface area contributed by atoms with Gasteiger partial charge in [0.15, 0.2) is 0 Å². The van der Waals surface area contributed by atoms with Crippen LogP contribution in [0.1, 0.15) is 33.5 Å². The molecule has 1 amide bonds. The van der Waals surface area contributed by atoms with Crippen molar-refractivity contribution in [2.75, 3.05) is 0 Å². The first-order valence-corrected chi connectivity index (χ1v) is 9.11. The smallest absolute Gasteiger partial charge is 0.273 e. The molecule has 7 heteroatoms. The highest BCUT2D eigenvalue weighted by molar-refractivity contribution is 7.18. The number of thiophene rings is 1. The van der Waals surface area contributed by atoms with E-state index in [1.54, 1.807) is 24.3 Å². The highest BCUT2D eigenvalue weighted by atomic mass is 35.5. The molecule has 0 bridgehead atoms. The van der Waals surface area contributed by atoms with Crippen molar-refractivity contribution in [2.45, 2.75) is 20.8 Å². The largest absolute Gasteiger partial charge is 0.318 e. The lowest BCUT2D eigenvalue weighted by atomic mass is 10.2. The van der Waals surface area contributed by atoms with Gasteiger partial charge in [0, 0.05) is 17.1 Å². The van der Waals surface area contributed by atoms with Gasteiger partial charge in [-0.25, -0.2) is 9.82 Å². The molecular formula is C19H17ClFN3OS. The molecule has 2 heterocycles. The lowest BCUT2D eigenvalue weighted by molar-refractivity contribution is 0.0954. The summed E-state index contributed by atoms with van der Waals surface area (Å²) in [5.74, 6) is -0.596. The summed E-state index contributed by atoms with van der Waals surface area (Å²) in [6, 6.07) is 11.6. The van der Waals surface area contributed by atoms with Gasteiger partial charge in [-0.3, -0.25) is 4.79 Å². The summed E-state index contributed by atoms with van der Waals surface area (Å²) in [6.45, 7) is 5.56. The van der Waals surface area contributed by atoms with Gasteiger partial charge in [-0.15, -0.1) is 11.3 Å². The lowest BCUT2D eigenvalue weighted by Crippen LogP contribution is -2.19. The fourth-order valence-corrected chi connectivity index (χ4v) is 3.73. The molecule has 134 valence electrons. The average Bonchev–Trinajstić information content (AvgIpc) is 3.17. The van der Waals surface area contributed by atoms with Gasteiger partial charge >= 0.3 is 0 Å². The molecule has 0 unspecified atom stereocenters. The fraction of sp³-hybridized carbons (Fsp3) is 0.158. The SMILES string of the molecule is C/C(=N/NC(=O)c1cc(C)n(-c2ccc(F)cc2)c1C)c1ccc(Cl)s1. The number of aromatic nitrogens is 1. The van der Waals surface area contributed by atoms with Crippen LogP contribution >= 0.6 is 22.9 Å². The number of hydrogen-bond donors (Lipinski definition) is 1. The van der Waals surface area contributed by atoms with Crippen LogP contribution in [0.2, 0.25) is 4.34 Å². The molecule has 0 radical (unpaired) electrons. The average molecular weight is 390 g/mol. The third-order valence-corrected chi connectivity index (χ3v) is 5.36. The summed E-state index contributed by atoms with van der Waals surface area (Å²) in [6.07, 6.45) is 0. The molecular weight excluding hydrogens is 373 g/mol. The van der Waals surface area contributed by atoms with Gasteiger partial charge in [-0.1, -0.05) is 11.6 Å². The van der Waals surface area contributed by atoms with E-state index < -0.39 is 0 Å². The minimum absolute atomic E-state index is 0.298. The van der Waals surface area contributed by atoms with Crippen LogP contribution in [0.25, 0.3) is 5.69 Å². The van der Waals surface area contributed by atoms with E-state index in [-0.39, 0.29) is 11.7 Å². The summed E-state index contributed by atoms with van der Waals surface area (Å²) in [7, 11) is 0. The molecule has 3 rings (SSSR count). The summed E-state index contributed by atoms with van der Waals surface area (Å²) in [4.78, 5) is 13.4. The number of nitrogens with one attached hydrogen (secondary N) is 1. The maximum atomic E-state index is 13.2. The van der Waals surface area contributed by atoms with Crippen molar-refractivity contribution in [3.8, 4) is 5.69 Å². The lowest BCUT2D eigenvalue weighted by Gasteiger charge is -2.09. The zero-order chi connectivity index (χ0) is 18.8. The van der Waals surface area contributed by atoms with E-state index in [1.165, 1.54) is 23.5 Å². The maximum absolute atomic E-state index is 13.2. The van der Waals surface area contributed by atoms with Crippen molar-refractivity contribution < 1.29 is 9.18 Å². The molecule has 0 aliphatic carbocycles.